The molecule has 2 aromatic rings. The fourth-order valence-corrected chi connectivity index (χ4v) is 1.90. The lowest BCUT2D eigenvalue weighted by Crippen LogP contribution is -1.93. The average molecular weight is 323 g/mol. The second-order valence-corrected chi connectivity index (χ2v) is 4.51. The first-order chi connectivity index (χ1) is 9.10. The van der Waals surface area contributed by atoms with Crippen LogP contribution in [0.3, 0.4) is 0 Å². The van der Waals surface area contributed by atoms with Crippen molar-refractivity contribution in [1.82, 2.24) is 4.98 Å². The van der Waals surface area contributed by atoms with Gasteiger partial charge in [0, 0.05) is 29.2 Å². The number of ether oxygens (including phenoxy) is 1. The second-order valence-electron chi connectivity index (χ2n) is 3.95. The van der Waals surface area contributed by atoms with Gasteiger partial charge in [0.1, 0.15) is 5.75 Å². The van der Waals surface area contributed by atoms with E-state index >= 15 is 0 Å². The Morgan fingerprint density at radius 3 is 2.68 bits per heavy atom. The molecule has 0 aliphatic heterocycles. The maximum atomic E-state index is 10.7. The van der Waals surface area contributed by atoms with Crippen molar-refractivity contribution < 1.29 is 9.66 Å². The SMILES string of the molecule is Cc1cc(Oc2ccc(CBr)cn2)ccc1[N+](=O)[O-]. The maximum Gasteiger partial charge on any atom is 0.272 e. The van der Waals surface area contributed by atoms with Crippen LogP contribution in [0.1, 0.15) is 11.1 Å². The molecule has 0 aliphatic carbocycles. The molecule has 0 atom stereocenters. The third-order valence-corrected chi connectivity index (χ3v) is 3.19. The molecular formula is C13H11BrN2O3. The highest BCUT2D eigenvalue weighted by Gasteiger charge is 2.11. The Morgan fingerprint density at radius 2 is 2.16 bits per heavy atom. The van der Waals surface area contributed by atoms with Gasteiger partial charge in [-0.15, -0.1) is 0 Å². The van der Waals surface area contributed by atoms with Gasteiger partial charge in [0.05, 0.1) is 4.92 Å². The molecule has 0 saturated carbocycles. The first-order valence-corrected chi connectivity index (χ1v) is 6.66. The molecule has 0 spiro atoms. The lowest BCUT2D eigenvalue weighted by molar-refractivity contribution is -0.385. The van der Waals surface area contributed by atoms with Gasteiger partial charge in [0.15, 0.2) is 0 Å². The Hall–Kier alpha value is -1.95. The van der Waals surface area contributed by atoms with Gasteiger partial charge < -0.3 is 4.74 Å². The summed E-state index contributed by atoms with van der Waals surface area (Å²) in [7, 11) is 0. The summed E-state index contributed by atoms with van der Waals surface area (Å²) in [5.74, 6) is 0.986. The smallest absolute Gasteiger partial charge is 0.272 e. The molecule has 0 unspecified atom stereocenters. The molecule has 0 N–H and O–H groups in total. The number of hydrogen-bond acceptors (Lipinski definition) is 4. The van der Waals surface area contributed by atoms with Crippen molar-refractivity contribution >= 4 is 21.6 Å². The summed E-state index contributed by atoms with van der Waals surface area (Å²) in [6.45, 7) is 1.67. The topological polar surface area (TPSA) is 65.3 Å². The van der Waals surface area contributed by atoms with Gasteiger partial charge in [0.25, 0.3) is 5.69 Å². The van der Waals surface area contributed by atoms with Gasteiger partial charge in [-0.3, -0.25) is 10.1 Å². The zero-order chi connectivity index (χ0) is 13.8. The van der Waals surface area contributed by atoms with Crippen LogP contribution in [0.25, 0.3) is 0 Å². The summed E-state index contributed by atoms with van der Waals surface area (Å²) in [6, 6.07) is 8.27. The number of nitro groups is 1. The van der Waals surface area contributed by atoms with Crippen molar-refractivity contribution in [3.8, 4) is 11.6 Å². The summed E-state index contributed by atoms with van der Waals surface area (Å²) in [5.41, 5.74) is 1.68. The van der Waals surface area contributed by atoms with Crippen LogP contribution < -0.4 is 4.74 Å². The van der Waals surface area contributed by atoms with Crippen LogP contribution >= 0.6 is 15.9 Å². The van der Waals surface area contributed by atoms with Crippen LogP contribution in [0.15, 0.2) is 36.5 Å². The normalized spacial score (nSPS) is 10.2. The standard InChI is InChI=1S/C13H11BrN2O3/c1-9-6-11(3-4-12(9)16(17)18)19-13-5-2-10(7-14)8-15-13/h2-6,8H,7H2,1H3. The summed E-state index contributed by atoms with van der Waals surface area (Å²) in [5, 5.41) is 11.4. The van der Waals surface area contributed by atoms with Crippen molar-refractivity contribution in [2.24, 2.45) is 0 Å². The van der Waals surface area contributed by atoms with Gasteiger partial charge in [-0.25, -0.2) is 4.98 Å². The van der Waals surface area contributed by atoms with E-state index in [1.807, 2.05) is 6.07 Å². The molecule has 0 fully saturated rings. The Balaban J connectivity index is 2.18. The number of aryl methyl sites for hydroxylation is 1. The molecule has 0 radical (unpaired) electrons. The number of rotatable bonds is 4. The van der Waals surface area contributed by atoms with Crippen molar-refractivity contribution in [3.63, 3.8) is 0 Å². The van der Waals surface area contributed by atoms with Gasteiger partial charge in [-0.05, 0) is 24.6 Å². The summed E-state index contributed by atoms with van der Waals surface area (Å²) >= 11 is 3.34. The number of aromatic nitrogens is 1. The van der Waals surface area contributed by atoms with E-state index in [-0.39, 0.29) is 5.69 Å². The van der Waals surface area contributed by atoms with E-state index in [1.165, 1.54) is 6.07 Å². The predicted octanol–water partition coefficient (Wildman–Crippen LogP) is 3.99. The van der Waals surface area contributed by atoms with E-state index in [4.69, 9.17) is 4.74 Å². The third kappa shape index (κ3) is 3.29. The second kappa shape index (κ2) is 5.79. The fraction of sp³-hybridized carbons (Fsp3) is 0.154. The highest BCUT2D eigenvalue weighted by atomic mass is 79.9. The van der Waals surface area contributed by atoms with Gasteiger partial charge in [-0.1, -0.05) is 22.0 Å². The molecule has 5 nitrogen and oxygen atoms in total. The van der Waals surface area contributed by atoms with E-state index in [1.54, 1.807) is 31.3 Å². The number of hydrogen-bond donors (Lipinski definition) is 0. The fourth-order valence-electron chi connectivity index (χ4n) is 1.57. The van der Waals surface area contributed by atoms with Crippen LogP contribution in [0.4, 0.5) is 5.69 Å². The molecule has 0 saturated heterocycles. The monoisotopic (exact) mass is 322 g/mol. The lowest BCUT2D eigenvalue weighted by atomic mass is 10.2. The Morgan fingerprint density at radius 1 is 1.37 bits per heavy atom. The molecule has 1 aromatic carbocycles. The van der Waals surface area contributed by atoms with Crippen molar-refractivity contribution in [1.29, 1.82) is 0 Å². The maximum absolute atomic E-state index is 10.7. The first kappa shape index (κ1) is 13.5. The van der Waals surface area contributed by atoms with Crippen LogP contribution in [0.2, 0.25) is 0 Å². The van der Waals surface area contributed by atoms with E-state index in [9.17, 15) is 10.1 Å². The van der Waals surface area contributed by atoms with E-state index in [0.717, 1.165) is 10.9 Å². The summed E-state index contributed by atoms with van der Waals surface area (Å²) in [6.07, 6.45) is 1.71. The van der Waals surface area contributed by atoms with Crippen LogP contribution in [-0.2, 0) is 5.33 Å². The quantitative estimate of drug-likeness (QED) is 0.485. The van der Waals surface area contributed by atoms with E-state index in [0.29, 0.717) is 17.2 Å². The van der Waals surface area contributed by atoms with Gasteiger partial charge >= 0.3 is 0 Å². The Bertz CT molecular complexity index is 599. The van der Waals surface area contributed by atoms with Crippen LogP contribution in [0, 0.1) is 17.0 Å². The third-order valence-electron chi connectivity index (χ3n) is 2.54. The predicted molar refractivity (Wildman–Crippen MR) is 74.8 cm³/mol. The molecule has 6 heteroatoms. The van der Waals surface area contributed by atoms with Gasteiger partial charge in [0.2, 0.25) is 5.88 Å². The highest BCUT2D eigenvalue weighted by Crippen LogP contribution is 2.26. The minimum atomic E-state index is -0.415. The van der Waals surface area contributed by atoms with Crippen LogP contribution in [-0.4, -0.2) is 9.91 Å². The molecule has 19 heavy (non-hydrogen) atoms. The van der Waals surface area contributed by atoms with Crippen molar-refractivity contribution in [3.05, 3.63) is 57.8 Å². The number of nitrogens with zero attached hydrogens (tertiary/aromatic N) is 2. The first-order valence-electron chi connectivity index (χ1n) is 5.54. The number of pyridine rings is 1. The molecule has 98 valence electrons. The van der Waals surface area contributed by atoms with Gasteiger partial charge in [-0.2, -0.15) is 0 Å². The van der Waals surface area contributed by atoms with E-state index in [2.05, 4.69) is 20.9 Å². The molecule has 0 amide bonds. The molecule has 2 rings (SSSR count). The number of benzene rings is 1. The molecule has 1 heterocycles. The minimum absolute atomic E-state index is 0.0787. The van der Waals surface area contributed by atoms with Crippen LogP contribution in [0.5, 0.6) is 11.6 Å². The largest absolute Gasteiger partial charge is 0.439 e. The average Bonchev–Trinajstić information content (AvgIpc) is 2.39. The highest BCUT2D eigenvalue weighted by molar-refractivity contribution is 9.08. The summed E-state index contributed by atoms with van der Waals surface area (Å²) < 4.78 is 5.54. The summed E-state index contributed by atoms with van der Waals surface area (Å²) in [4.78, 5) is 14.4. The lowest BCUT2D eigenvalue weighted by Gasteiger charge is -2.06. The molecule has 1 aromatic heterocycles. The molecule has 0 bridgehead atoms. The Kier molecular flexibility index (Phi) is 4.11. The Labute approximate surface area is 118 Å². The number of halogens is 1. The van der Waals surface area contributed by atoms with Crippen molar-refractivity contribution in [2.45, 2.75) is 12.3 Å². The molecule has 0 aliphatic rings. The minimum Gasteiger partial charge on any atom is -0.439 e. The number of alkyl halides is 1. The van der Waals surface area contributed by atoms with E-state index < -0.39 is 4.92 Å². The molecular weight excluding hydrogens is 312 g/mol. The van der Waals surface area contributed by atoms with Crippen molar-refractivity contribution in [2.75, 3.05) is 0 Å². The zero-order valence-electron chi connectivity index (χ0n) is 10.2. The zero-order valence-corrected chi connectivity index (χ0v) is 11.8. The number of nitro benzene ring substituents is 1.